The summed E-state index contributed by atoms with van der Waals surface area (Å²) >= 11 is 0.972. The highest BCUT2D eigenvalue weighted by molar-refractivity contribution is 7.88. The first-order chi connectivity index (χ1) is 4.91. The molecule has 1 aromatic rings. The molecule has 0 saturated carbocycles. The molecule has 0 aliphatic rings. The summed E-state index contributed by atoms with van der Waals surface area (Å²) < 4.78 is 29.8. The third-order valence-electron chi connectivity index (χ3n) is 1.10. The second-order valence-corrected chi connectivity index (χ2v) is 4.90. The van der Waals surface area contributed by atoms with Crippen LogP contribution in [-0.4, -0.2) is 18.0 Å². The predicted molar refractivity (Wildman–Crippen MR) is 41.4 cm³/mol. The number of thiazole rings is 1. The van der Waals surface area contributed by atoms with Crippen LogP contribution < -0.4 is 0 Å². The zero-order chi connectivity index (χ0) is 8.65. The molecule has 11 heavy (non-hydrogen) atoms. The van der Waals surface area contributed by atoms with Gasteiger partial charge in [0.25, 0.3) is 0 Å². The third-order valence-corrected chi connectivity index (χ3v) is 3.61. The van der Waals surface area contributed by atoms with Crippen molar-refractivity contribution in [3.05, 3.63) is 10.7 Å². The quantitative estimate of drug-likeness (QED) is 0.676. The molecule has 0 fully saturated rings. The smallest absolute Gasteiger partial charge is 0.281 e. The van der Waals surface area contributed by atoms with Crippen LogP contribution in [0.25, 0.3) is 0 Å². The summed E-state index contributed by atoms with van der Waals surface area (Å²) in [5.74, 6) is 0. The van der Waals surface area contributed by atoms with Crippen molar-refractivity contribution in [2.75, 3.05) is 0 Å². The topological polar surface area (TPSA) is 67.3 Å². The van der Waals surface area contributed by atoms with Gasteiger partial charge in [0.15, 0.2) is 4.21 Å². The Morgan fingerprint density at radius 3 is 2.18 bits per heavy atom. The molecule has 0 bridgehead atoms. The van der Waals surface area contributed by atoms with Gasteiger partial charge in [-0.2, -0.15) is 8.42 Å². The van der Waals surface area contributed by atoms with Gasteiger partial charge in [-0.25, -0.2) is 4.98 Å². The summed E-state index contributed by atoms with van der Waals surface area (Å²) in [5.41, 5.74) is 0.356. The second-order valence-electron chi connectivity index (χ2n) is 2.08. The average Bonchev–Trinajstić information content (AvgIpc) is 2.08. The van der Waals surface area contributed by atoms with Crippen LogP contribution >= 0.6 is 11.3 Å². The van der Waals surface area contributed by atoms with E-state index in [1.807, 2.05) is 0 Å². The molecular weight excluding hydrogens is 186 g/mol. The molecule has 6 heteroatoms. The van der Waals surface area contributed by atoms with Crippen LogP contribution in [0.2, 0.25) is 0 Å². The van der Waals surface area contributed by atoms with E-state index in [1.165, 1.54) is 0 Å². The summed E-state index contributed by atoms with van der Waals surface area (Å²) in [6.45, 7) is 3.24. The van der Waals surface area contributed by atoms with E-state index in [9.17, 15) is 8.42 Å². The maximum absolute atomic E-state index is 10.6. The average molecular weight is 193 g/mol. The summed E-state index contributed by atoms with van der Waals surface area (Å²) in [6.07, 6.45) is 0. The van der Waals surface area contributed by atoms with E-state index in [1.54, 1.807) is 13.8 Å². The van der Waals surface area contributed by atoms with E-state index in [-0.39, 0.29) is 4.21 Å². The fourth-order valence-electron chi connectivity index (χ4n) is 0.752. The molecule has 0 spiro atoms. The van der Waals surface area contributed by atoms with Crippen LogP contribution in [0, 0.1) is 13.8 Å². The number of aryl methyl sites for hydroxylation is 2. The van der Waals surface area contributed by atoms with Crippen LogP contribution in [0.4, 0.5) is 0 Å². The minimum absolute atomic E-state index is 0.0602. The Hall–Kier alpha value is -0.460. The molecule has 1 rings (SSSR count). The third kappa shape index (κ3) is 1.76. The van der Waals surface area contributed by atoms with Gasteiger partial charge in [0.1, 0.15) is 0 Å². The second kappa shape index (κ2) is 2.54. The van der Waals surface area contributed by atoms with Crippen molar-refractivity contribution in [3.8, 4) is 0 Å². The Bertz CT molecular complexity index is 365. The van der Waals surface area contributed by atoms with Crippen molar-refractivity contribution >= 4 is 21.5 Å². The minimum Gasteiger partial charge on any atom is -0.281 e. The summed E-state index contributed by atoms with van der Waals surface area (Å²) in [7, 11) is -4.06. The van der Waals surface area contributed by atoms with E-state index in [0.717, 1.165) is 11.3 Å². The molecule has 0 radical (unpaired) electrons. The monoisotopic (exact) mass is 193 g/mol. The Labute approximate surface area is 68.6 Å². The van der Waals surface area contributed by atoms with Crippen LogP contribution in [-0.2, 0) is 10.1 Å². The zero-order valence-corrected chi connectivity index (χ0v) is 7.66. The molecule has 1 N–H and O–H groups in total. The molecule has 1 heterocycles. The lowest BCUT2D eigenvalue weighted by Crippen LogP contribution is -1.96. The summed E-state index contributed by atoms with van der Waals surface area (Å²) in [6, 6.07) is 0. The minimum atomic E-state index is -4.06. The Morgan fingerprint density at radius 1 is 1.45 bits per heavy atom. The number of hydrogen-bond acceptors (Lipinski definition) is 4. The Kier molecular flexibility index (Phi) is 2.00. The van der Waals surface area contributed by atoms with Gasteiger partial charge >= 0.3 is 10.1 Å². The fraction of sp³-hybridized carbons (Fsp3) is 0.400. The van der Waals surface area contributed by atoms with Gasteiger partial charge in [-0.1, -0.05) is 0 Å². The standard InChI is InChI=1S/C5H7NO3S2/c1-3-5(11(7,8)9)10-4(2)6-3/h1-2H3,(H,7,8,9). The van der Waals surface area contributed by atoms with Crippen molar-refractivity contribution in [2.45, 2.75) is 18.1 Å². The Morgan fingerprint density at radius 2 is 2.00 bits per heavy atom. The van der Waals surface area contributed by atoms with Gasteiger partial charge in [0.2, 0.25) is 0 Å². The van der Waals surface area contributed by atoms with Crippen LogP contribution in [0.3, 0.4) is 0 Å². The zero-order valence-electron chi connectivity index (χ0n) is 6.03. The van der Waals surface area contributed by atoms with E-state index in [4.69, 9.17) is 4.55 Å². The highest BCUT2D eigenvalue weighted by atomic mass is 32.3. The molecule has 62 valence electrons. The molecule has 0 aliphatic carbocycles. The molecule has 0 aromatic carbocycles. The SMILES string of the molecule is Cc1nc(C)c(S(=O)(=O)O)s1. The number of aromatic nitrogens is 1. The van der Waals surface area contributed by atoms with Crippen LogP contribution in [0.1, 0.15) is 10.7 Å². The van der Waals surface area contributed by atoms with E-state index < -0.39 is 10.1 Å². The van der Waals surface area contributed by atoms with Gasteiger partial charge in [0, 0.05) is 0 Å². The first-order valence-electron chi connectivity index (χ1n) is 2.83. The Balaban J connectivity index is 3.36. The number of hydrogen-bond donors (Lipinski definition) is 1. The molecule has 4 nitrogen and oxygen atoms in total. The summed E-state index contributed by atoms with van der Waals surface area (Å²) in [5, 5.41) is 0.634. The molecule has 0 saturated heterocycles. The van der Waals surface area contributed by atoms with Gasteiger partial charge in [-0.15, -0.1) is 11.3 Å². The highest BCUT2D eigenvalue weighted by Gasteiger charge is 2.16. The van der Waals surface area contributed by atoms with Crippen LogP contribution in [0.15, 0.2) is 4.21 Å². The lowest BCUT2D eigenvalue weighted by molar-refractivity contribution is 0.485. The molecule has 0 amide bonds. The van der Waals surface area contributed by atoms with Crippen molar-refractivity contribution in [2.24, 2.45) is 0 Å². The predicted octanol–water partition coefficient (Wildman–Crippen LogP) is 1.01. The summed E-state index contributed by atoms with van der Waals surface area (Å²) in [4.78, 5) is 3.86. The van der Waals surface area contributed by atoms with Crippen molar-refractivity contribution in [3.63, 3.8) is 0 Å². The fourth-order valence-corrected chi connectivity index (χ4v) is 2.60. The van der Waals surface area contributed by atoms with E-state index in [2.05, 4.69) is 4.98 Å². The lowest BCUT2D eigenvalue weighted by Gasteiger charge is -1.89. The van der Waals surface area contributed by atoms with E-state index in [0.29, 0.717) is 10.7 Å². The first-order valence-corrected chi connectivity index (χ1v) is 5.08. The maximum atomic E-state index is 10.6. The van der Waals surface area contributed by atoms with Crippen molar-refractivity contribution < 1.29 is 13.0 Å². The van der Waals surface area contributed by atoms with Crippen LogP contribution in [0.5, 0.6) is 0 Å². The first kappa shape index (κ1) is 8.63. The van der Waals surface area contributed by atoms with Crippen molar-refractivity contribution in [1.29, 1.82) is 0 Å². The highest BCUT2D eigenvalue weighted by Crippen LogP contribution is 2.21. The van der Waals surface area contributed by atoms with Crippen molar-refractivity contribution in [1.82, 2.24) is 4.98 Å². The molecular formula is C5H7NO3S2. The van der Waals surface area contributed by atoms with Gasteiger partial charge in [-0.3, -0.25) is 4.55 Å². The van der Waals surface area contributed by atoms with Gasteiger partial charge in [-0.05, 0) is 13.8 Å². The molecule has 0 atom stereocenters. The van der Waals surface area contributed by atoms with Gasteiger partial charge in [0.05, 0.1) is 10.7 Å². The largest absolute Gasteiger partial charge is 0.305 e. The van der Waals surface area contributed by atoms with E-state index >= 15 is 0 Å². The molecule has 0 unspecified atom stereocenters. The lowest BCUT2D eigenvalue weighted by atomic mass is 10.6. The molecule has 0 aliphatic heterocycles. The number of nitrogens with zero attached hydrogens (tertiary/aromatic N) is 1. The molecule has 1 aromatic heterocycles. The normalized spacial score (nSPS) is 11.9. The maximum Gasteiger partial charge on any atom is 0.305 e. The van der Waals surface area contributed by atoms with Gasteiger partial charge < -0.3 is 0 Å². The number of rotatable bonds is 1.